The Morgan fingerprint density at radius 2 is 1.94 bits per heavy atom. The van der Waals surface area contributed by atoms with E-state index in [0.717, 1.165) is 0 Å². The topological polar surface area (TPSA) is 136 Å². The van der Waals surface area contributed by atoms with Gasteiger partial charge >= 0.3 is 5.97 Å². The van der Waals surface area contributed by atoms with Gasteiger partial charge in [0.05, 0.1) is 6.04 Å². The number of carboxylic acid groups (broad SMARTS) is 1. The van der Waals surface area contributed by atoms with Gasteiger partial charge in [-0.1, -0.05) is 6.92 Å². The number of hydrogen-bond acceptors (Lipinski definition) is 4. The van der Waals surface area contributed by atoms with Crippen molar-refractivity contribution in [1.29, 1.82) is 0 Å². The first kappa shape index (κ1) is 14.4. The van der Waals surface area contributed by atoms with E-state index in [1.807, 2.05) is 0 Å². The van der Waals surface area contributed by atoms with Crippen molar-refractivity contribution < 1.29 is 19.5 Å². The maximum atomic E-state index is 11.3. The summed E-state index contributed by atoms with van der Waals surface area (Å²) in [5, 5.41) is 11.0. The minimum atomic E-state index is -1.21. The molecule has 0 fully saturated rings. The van der Waals surface area contributed by atoms with E-state index < -0.39 is 29.9 Å². The van der Waals surface area contributed by atoms with Crippen LogP contribution in [0.1, 0.15) is 26.2 Å². The van der Waals surface area contributed by atoms with Gasteiger partial charge in [-0.3, -0.25) is 9.59 Å². The van der Waals surface area contributed by atoms with Crippen molar-refractivity contribution in [3.05, 3.63) is 0 Å². The van der Waals surface area contributed by atoms with E-state index in [0.29, 0.717) is 6.42 Å². The molecule has 0 aromatic rings. The zero-order valence-corrected chi connectivity index (χ0v) is 9.10. The zero-order chi connectivity index (χ0) is 12.7. The van der Waals surface area contributed by atoms with Gasteiger partial charge in [-0.05, 0) is 12.8 Å². The fourth-order valence-corrected chi connectivity index (χ4v) is 1.01. The van der Waals surface area contributed by atoms with E-state index in [1.54, 1.807) is 6.92 Å². The average Bonchev–Trinajstić information content (AvgIpc) is 2.21. The number of nitrogens with one attached hydrogen (secondary N) is 1. The number of nitrogens with two attached hydrogens (primary N) is 2. The van der Waals surface area contributed by atoms with Crippen molar-refractivity contribution in [3.8, 4) is 0 Å². The Morgan fingerprint density at radius 3 is 2.31 bits per heavy atom. The third-order valence-electron chi connectivity index (χ3n) is 2.07. The Hall–Kier alpha value is -1.63. The maximum Gasteiger partial charge on any atom is 0.326 e. The molecule has 0 aliphatic heterocycles. The van der Waals surface area contributed by atoms with E-state index in [9.17, 15) is 14.4 Å². The molecule has 92 valence electrons. The summed E-state index contributed by atoms with van der Waals surface area (Å²) in [4.78, 5) is 32.6. The number of rotatable bonds is 7. The maximum absolute atomic E-state index is 11.3. The van der Waals surface area contributed by atoms with Crippen LogP contribution in [0.4, 0.5) is 0 Å². The molecule has 0 bridgehead atoms. The third-order valence-corrected chi connectivity index (χ3v) is 2.07. The molecule has 0 saturated heterocycles. The lowest BCUT2D eigenvalue weighted by atomic mass is 10.1. The van der Waals surface area contributed by atoms with Gasteiger partial charge in [0.25, 0.3) is 0 Å². The molecule has 2 unspecified atom stereocenters. The van der Waals surface area contributed by atoms with Crippen molar-refractivity contribution in [3.63, 3.8) is 0 Å². The molecule has 0 spiro atoms. The average molecular weight is 231 g/mol. The highest BCUT2D eigenvalue weighted by Gasteiger charge is 2.22. The van der Waals surface area contributed by atoms with E-state index in [2.05, 4.69) is 5.32 Å². The van der Waals surface area contributed by atoms with Gasteiger partial charge in [-0.15, -0.1) is 0 Å². The molecule has 0 aromatic carbocycles. The lowest BCUT2D eigenvalue weighted by molar-refractivity contribution is -0.142. The summed E-state index contributed by atoms with van der Waals surface area (Å²) >= 11 is 0. The SMILES string of the molecule is CCC(N)C(=O)NC(CCC(N)=O)C(=O)O. The van der Waals surface area contributed by atoms with E-state index in [-0.39, 0.29) is 12.8 Å². The van der Waals surface area contributed by atoms with Crippen molar-refractivity contribution in [2.24, 2.45) is 11.5 Å². The van der Waals surface area contributed by atoms with Gasteiger partial charge in [-0.25, -0.2) is 4.79 Å². The van der Waals surface area contributed by atoms with Crippen molar-refractivity contribution >= 4 is 17.8 Å². The van der Waals surface area contributed by atoms with Crippen LogP contribution in [-0.2, 0) is 14.4 Å². The summed E-state index contributed by atoms with van der Waals surface area (Å²) in [5.41, 5.74) is 10.3. The van der Waals surface area contributed by atoms with Crippen molar-refractivity contribution in [1.82, 2.24) is 5.32 Å². The normalized spacial score (nSPS) is 13.9. The van der Waals surface area contributed by atoms with Crippen LogP contribution < -0.4 is 16.8 Å². The third kappa shape index (κ3) is 5.30. The molecule has 0 radical (unpaired) electrons. The lowest BCUT2D eigenvalue weighted by Gasteiger charge is -2.16. The molecule has 0 heterocycles. The second-order valence-electron chi connectivity index (χ2n) is 3.42. The quantitative estimate of drug-likeness (QED) is 0.425. The van der Waals surface area contributed by atoms with E-state index in [4.69, 9.17) is 16.6 Å². The summed E-state index contributed by atoms with van der Waals surface area (Å²) in [6.07, 6.45) is 0.277. The number of primary amides is 1. The molecule has 0 aliphatic rings. The van der Waals surface area contributed by atoms with Crippen molar-refractivity contribution in [2.45, 2.75) is 38.3 Å². The van der Waals surface area contributed by atoms with Crippen LogP contribution in [0.3, 0.4) is 0 Å². The first-order valence-electron chi connectivity index (χ1n) is 4.95. The van der Waals surface area contributed by atoms with Crippen LogP contribution in [0.25, 0.3) is 0 Å². The molecular formula is C9H17N3O4. The molecule has 16 heavy (non-hydrogen) atoms. The fourth-order valence-electron chi connectivity index (χ4n) is 1.01. The van der Waals surface area contributed by atoms with Gasteiger partial charge in [0.1, 0.15) is 6.04 Å². The Kier molecular flexibility index (Phi) is 6.09. The number of carboxylic acids is 1. The summed E-state index contributed by atoms with van der Waals surface area (Å²) in [5.74, 6) is -2.36. The highest BCUT2D eigenvalue weighted by molar-refractivity contribution is 5.87. The first-order chi connectivity index (χ1) is 7.38. The fraction of sp³-hybridized carbons (Fsp3) is 0.667. The summed E-state index contributed by atoms with van der Waals surface area (Å²) in [6, 6.07) is -1.87. The molecule has 2 atom stereocenters. The number of aliphatic carboxylic acids is 1. The highest BCUT2D eigenvalue weighted by Crippen LogP contribution is 1.98. The number of carbonyl (C=O) groups is 3. The Balaban J connectivity index is 4.28. The van der Waals surface area contributed by atoms with Crippen LogP contribution in [0.5, 0.6) is 0 Å². The molecule has 0 aromatic heterocycles. The van der Waals surface area contributed by atoms with Crippen LogP contribution in [-0.4, -0.2) is 35.0 Å². The van der Waals surface area contributed by atoms with Crippen LogP contribution >= 0.6 is 0 Å². The minimum absolute atomic E-state index is 0.0349. The number of hydrogen-bond donors (Lipinski definition) is 4. The molecule has 7 heteroatoms. The lowest BCUT2D eigenvalue weighted by Crippen LogP contribution is -2.48. The van der Waals surface area contributed by atoms with Gasteiger partial charge in [-0.2, -0.15) is 0 Å². The molecule has 7 nitrogen and oxygen atoms in total. The molecule has 6 N–H and O–H groups in total. The summed E-state index contributed by atoms with van der Waals surface area (Å²) in [7, 11) is 0. The van der Waals surface area contributed by atoms with Crippen LogP contribution in [0.2, 0.25) is 0 Å². The van der Waals surface area contributed by atoms with Gasteiger partial charge < -0.3 is 21.9 Å². The van der Waals surface area contributed by atoms with Crippen LogP contribution in [0.15, 0.2) is 0 Å². The Labute approximate surface area is 93.2 Å². The van der Waals surface area contributed by atoms with Crippen LogP contribution in [0, 0.1) is 0 Å². The van der Waals surface area contributed by atoms with Gasteiger partial charge in [0, 0.05) is 6.42 Å². The van der Waals surface area contributed by atoms with Gasteiger partial charge in [0.15, 0.2) is 0 Å². The smallest absolute Gasteiger partial charge is 0.326 e. The molecule has 0 saturated carbocycles. The molecule has 0 rings (SSSR count). The Morgan fingerprint density at radius 1 is 1.38 bits per heavy atom. The highest BCUT2D eigenvalue weighted by atomic mass is 16.4. The summed E-state index contributed by atoms with van der Waals surface area (Å²) < 4.78 is 0. The second kappa shape index (κ2) is 6.78. The number of amides is 2. The predicted molar refractivity (Wildman–Crippen MR) is 56.3 cm³/mol. The predicted octanol–water partition coefficient (Wildman–Crippen LogP) is -1.44. The molecular weight excluding hydrogens is 214 g/mol. The zero-order valence-electron chi connectivity index (χ0n) is 9.10. The first-order valence-corrected chi connectivity index (χ1v) is 4.95. The second-order valence-corrected chi connectivity index (χ2v) is 3.42. The van der Waals surface area contributed by atoms with E-state index in [1.165, 1.54) is 0 Å². The van der Waals surface area contributed by atoms with Crippen molar-refractivity contribution in [2.75, 3.05) is 0 Å². The standard InChI is InChI=1S/C9H17N3O4/c1-2-5(10)8(14)12-6(9(15)16)3-4-7(11)13/h5-6H,2-4,10H2,1H3,(H2,11,13)(H,12,14)(H,15,16). The monoisotopic (exact) mass is 231 g/mol. The summed E-state index contributed by atoms with van der Waals surface area (Å²) in [6.45, 7) is 1.71. The minimum Gasteiger partial charge on any atom is -0.480 e. The molecule has 0 aliphatic carbocycles. The van der Waals surface area contributed by atoms with Gasteiger partial charge in [0.2, 0.25) is 11.8 Å². The largest absolute Gasteiger partial charge is 0.480 e. The number of carbonyl (C=O) groups excluding carboxylic acids is 2. The van der Waals surface area contributed by atoms with E-state index >= 15 is 0 Å². The molecule has 2 amide bonds. The Bertz CT molecular complexity index is 280.